The number of hydrogen-bond acceptors (Lipinski definition) is 4. The number of aryl methyl sites for hydroxylation is 1. The molecule has 1 aromatic carbocycles. The average Bonchev–Trinajstić information content (AvgIpc) is 3.03. The van der Waals surface area contributed by atoms with Crippen LogP contribution in [0.4, 0.5) is 0 Å². The van der Waals surface area contributed by atoms with Gasteiger partial charge in [-0.1, -0.05) is 0 Å². The average molecular weight is 369 g/mol. The molecule has 7 heteroatoms. The van der Waals surface area contributed by atoms with Gasteiger partial charge in [0.15, 0.2) is 0 Å². The summed E-state index contributed by atoms with van der Waals surface area (Å²) in [5, 5.41) is 13.4. The maximum Gasteiger partial charge on any atom is 0.254 e. The molecule has 0 aliphatic rings. The number of pyridine rings is 1. The van der Waals surface area contributed by atoms with Crippen molar-refractivity contribution in [1.29, 1.82) is 0 Å². The molecule has 2 aromatic heterocycles. The summed E-state index contributed by atoms with van der Waals surface area (Å²) in [6, 6.07) is 8.50. The maximum absolute atomic E-state index is 12.1. The van der Waals surface area contributed by atoms with Crippen molar-refractivity contribution in [2.45, 2.75) is 26.3 Å². The van der Waals surface area contributed by atoms with Crippen molar-refractivity contribution in [2.75, 3.05) is 13.7 Å². The minimum atomic E-state index is -0.312. The molecule has 0 aliphatic carbocycles. The third-order valence-corrected chi connectivity index (χ3v) is 4.57. The molecule has 3 rings (SSSR count). The predicted octanol–water partition coefficient (Wildman–Crippen LogP) is 2.10. The van der Waals surface area contributed by atoms with E-state index in [0.717, 1.165) is 28.3 Å². The van der Waals surface area contributed by atoms with Gasteiger partial charge in [0.1, 0.15) is 11.5 Å². The first kappa shape index (κ1) is 18.6. The molecule has 0 fully saturated rings. The van der Waals surface area contributed by atoms with Crippen molar-refractivity contribution in [3.8, 4) is 11.5 Å². The Kier molecular flexibility index (Phi) is 5.49. The number of aromatic hydroxyl groups is 1. The van der Waals surface area contributed by atoms with Crippen molar-refractivity contribution >= 4 is 16.8 Å². The fraction of sp³-hybridized carbons (Fsp3) is 0.300. The highest BCUT2D eigenvalue weighted by molar-refractivity contribution is 5.84. The molecule has 0 saturated heterocycles. The zero-order valence-corrected chi connectivity index (χ0v) is 15.4. The van der Waals surface area contributed by atoms with Gasteiger partial charge in [0.2, 0.25) is 5.91 Å². The Balaban J connectivity index is 1.54. The summed E-state index contributed by atoms with van der Waals surface area (Å²) in [4.78, 5) is 27.2. The summed E-state index contributed by atoms with van der Waals surface area (Å²) < 4.78 is 6.74. The predicted molar refractivity (Wildman–Crippen MR) is 103 cm³/mol. The topological polar surface area (TPSA) is 96.3 Å². The number of carbonyl (C=O) groups is 1. The number of rotatable bonds is 7. The Morgan fingerprint density at radius 2 is 2.11 bits per heavy atom. The number of ether oxygens (including phenoxy) is 1. The van der Waals surface area contributed by atoms with Gasteiger partial charge >= 0.3 is 0 Å². The Morgan fingerprint density at radius 1 is 1.30 bits per heavy atom. The zero-order chi connectivity index (χ0) is 19.4. The molecule has 0 saturated carbocycles. The number of carbonyl (C=O) groups excluding carboxylic acids is 1. The largest absolute Gasteiger partial charge is 0.508 e. The third kappa shape index (κ3) is 4.31. The molecule has 0 spiro atoms. The molecule has 0 aliphatic heterocycles. The number of amides is 1. The van der Waals surface area contributed by atoms with Crippen molar-refractivity contribution in [1.82, 2.24) is 14.9 Å². The van der Waals surface area contributed by atoms with E-state index in [1.807, 2.05) is 24.4 Å². The SMILES string of the molecule is COc1ccc2[nH]cc(CCNC(=O)CCn3c(C)cc(O)cc3=O)c2c1. The summed E-state index contributed by atoms with van der Waals surface area (Å²) >= 11 is 0. The lowest BCUT2D eigenvalue weighted by Crippen LogP contribution is -2.29. The normalized spacial score (nSPS) is 10.9. The second-order valence-corrected chi connectivity index (χ2v) is 6.42. The van der Waals surface area contributed by atoms with E-state index >= 15 is 0 Å². The van der Waals surface area contributed by atoms with Crippen LogP contribution in [0.3, 0.4) is 0 Å². The van der Waals surface area contributed by atoms with Gasteiger partial charge in [-0.3, -0.25) is 9.59 Å². The molecule has 0 radical (unpaired) electrons. The number of benzene rings is 1. The number of hydrogen-bond donors (Lipinski definition) is 3. The Hall–Kier alpha value is -3.22. The highest BCUT2D eigenvalue weighted by Gasteiger charge is 2.08. The van der Waals surface area contributed by atoms with Crippen LogP contribution < -0.4 is 15.6 Å². The zero-order valence-electron chi connectivity index (χ0n) is 15.4. The number of aromatic amines is 1. The van der Waals surface area contributed by atoms with Crippen LogP contribution in [-0.4, -0.2) is 34.2 Å². The van der Waals surface area contributed by atoms with E-state index in [1.54, 1.807) is 14.0 Å². The quantitative estimate of drug-likeness (QED) is 0.594. The van der Waals surface area contributed by atoms with Gasteiger partial charge in [0.05, 0.1) is 7.11 Å². The first-order valence-corrected chi connectivity index (χ1v) is 8.79. The van der Waals surface area contributed by atoms with Crippen LogP contribution in [0.15, 0.2) is 41.3 Å². The Bertz CT molecular complexity index is 1020. The molecule has 0 bridgehead atoms. The summed E-state index contributed by atoms with van der Waals surface area (Å²) in [5.74, 6) is 0.613. The standard InChI is InChI=1S/C20H23N3O4/c1-13-9-15(24)10-20(26)23(13)8-6-19(25)21-7-5-14-12-22-18-4-3-16(27-2)11-17(14)18/h3-4,9-12,22,24H,5-8H2,1-2H3,(H,21,25). The lowest BCUT2D eigenvalue weighted by atomic mass is 10.1. The minimum Gasteiger partial charge on any atom is -0.508 e. The maximum atomic E-state index is 12.1. The van der Waals surface area contributed by atoms with Crippen LogP contribution >= 0.6 is 0 Å². The number of nitrogens with one attached hydrogen (secondary N) is 2. The van der Waals surface area contributed by atoms with E-state index in [1.165, 1.54) is 10.6 Å². The van der Waals surface area contributed by atoms with E-state index < -0.39 is 0 Å². The molecule has 142 valence electrons. The lowest BCUT2D eigenvalue weighted by molar-refractivity contribution is -0.121. The van der Waals surface area contributed by atoms with E-state index in [0.29, 0.717) is 18.7 Å². The summed E-state index contributed by atoms with van der Waals surface area (Å²) in [6.45, 7) is 2.51. The molecule has 3 aromatic rings. The van der Waals surface area contributed by atoms with Crippen molar-refractivity contribution in [3.63, 3.8) is 0 Å². The summed E-state index contributed by atoms with van der Waals surface area (Å²) in [7, 11) is 1.63. The second-order valence-electron chi connectivity index (χ2n) is 6.42. The number of fused-ring (bicyclic) bond motifs is 1. The molecular weight excluding hydrogens is 346 g/mol. The number of methoxy groups -OCH3 is 1. The first-order valence-electron chi connectivity index (χ1n) is 8.79. The van der Waals surface area contributed by atoms with E-state index in [2.05, 4.69) is 10.3 Å². The highest BCUT2D eigenvalue weighted by Crippen LogP contribution is 2.23. The monoisotopic (exact) mass is 369 g/mol. The van der Waals surface area contributed by atoms with Gasteiger partial charge in [-0.15, -0.1) is 0 Å². The summed E-state index contributed by atoms with van der Waals surface area (Å²) in [6.07, 6.45) is 2.83. The second kappa shape index (κ2) is 7.99. The lowest BCUT2D eigenvalue weighted by Gasteiger charge is -2.10. The van der Waals surface area contributed by atoms with Crippen molar-refractivity contribution < 1.29 is 14.6 Å². The Labute approximate surface area is 156 Å². The molecule has 0 atom stereocenters. The van der Waals surface area contributed by atoms with Crippen LogP contribution in [0, 0.1) is 6.92 Å². The van der Waals surface area contributed by atoms with Crippen LogP contribution in [-0.2, 0) is 17.8 Å². The van der Waals surface area contributed by atoms with Gasteiger partial charge in [-0.2, -0.15) is 0 Å². The number of H-pyrrole nitrogens is 1. The molecule has 27 heavy (non-hydrogen) atoms. The van der Waals surface area contributed by atoms with Crippen molar-refractivity contribution in [3.05, 3.63) is 58.1 Å². The third-order valence-electron chi connectivity index (χ3n) is 4.57. The van der Waals surface area contributed by atoms with Crippen LogP contribution in [0.5, 0.6) is 11.5 Å². The van der Waals surface area contributed by atoms with E-state index in [-0.39, 0.29) is 30.2 Å². The fourth-order valence-electron chi connectivity index (χ4n) is 3.13. The van der Waals surface area contributed by atoms with Gasteiger partial charge in [-0.05, 0) is 43.2 Å². The number of nitrogens with zero attached hydrogens (tertiary/aromatic N) is 1. The molecule has 3 N–H and O–H groups in total. The molecule has 7 nitrogen and oxygen atoms in total. The molecule has 1 amide bonds. The summed E-state index contributed by atoms with van der Waals surface area (Å²) in [5.41, 5.74) is 2.45. The Morgan fingerprint density at radius 3 is 2.85 bits per heavy atom. The fourth-order valence-corrected chi connectivity index (χ4v) is 3.13. The van der Waals surface area contributed by atoms with Crippen LogP contribution in [0.1, 0.15) is 17.7 Å². The van der Waals surface area contributed by atoms with E-state index in [4.69, 9.17) is 4.74 Å². The molecule has 0 unspecified atom stereocenters. The van der Waals surface area contributed by atoms with Gasteiger partial charge < -0.3 is 24.7 Å². The van der Waals surface area contributed by atoms with Gasteiger partial charge in [-0.25, -0.2) is 0 Å². The smallest absolute Gasteiger partial charge is 0.254 e. The first-order chi connectivity index (χ1) is 13.0. The van der Waals surface area contributed by atoms with Crippen LogP contribution in [0.25, 0.3) is 10.9 Å². The minimum absolute atomic E-state index is 0.0615. The van der Waals surface area contributed by atoms with E-state index in [9.17, 15) is 14.7 Å². The molecular formula is C20H23N3O4. The van der Waals surface area contributed by atoms with Gasteiger partial charge in [0.25, 0.3) is 5.56 Å². The highest BCUT2D eigenvalue weighted by atomic mass is 16.5. The number of aromatic nitrogens is 2. The van der Waals surface area contributed by atoms with Crippen molar-refractivity contribution in [2.24, 2.45) is 0 Å². The van der Waals surface area contributed by atoms with Crippen LogP contribution in [0.2, 0.25) is 0 Å². The molecule has 2 heterocycles. The van der Waals surface area contributed by atoms with Gasteiger partial charge in [0, 0.05) is 48.4 Å².